The molecule has 0 fully saturated rings. The standard InChI is InChI=1S/C33H66N2/c1-5-7-9-11-13-15-16-17-18-19-21-23-25-27-29-34-30-31-35(32(3)4)33(34)28-26-24-22-20-14-12-10-8-6-2/h30-33H,5-29H2,1-4H3. The van der Waals surface area contributed by atoms with Crippen LogP contribution in [-0.4, -0.2) is 28.6 Å². The van der Waals surface area contributed by atoms with Gasteiger partial charge in [-0.1, -0.05) is 149 Å². The monoisotopic (exact) mass is 491 g/mol. The molecule has 208 valence electrons. The Labute approximate surface area is 222 Å². The summed E-state index contributed by atoms with van der Waals surface area (Å²) in [6, 6.07) is 0.608. The molecule has 1 rings (SSSR count). The zero-order chi connectivity index (χ0) is 25.4. The Balaban J connectivity index is 2.03. The average Bonchev–Trinajstić information content (AvgIpc) is 3.26. The van der Waals surface area contributed by atoms with Crippen molar-refractivity contribution in [1.29, 1.82) is 0 Å². The number of unbranched alkanes of at least 4 members (excludes halogenated alkanes) is 21. The lowest BCUT2D eigenvalue weighted by molar-refractivity contribution is 0.114. The highest BCUT2D eigenvalue weighted by atomic mass is 15.4. The fraction of sp³-hybridized carbons (Fsp3) is 0.939. The van der Waals surface area contributed by atoms with E-state index in [9.17, 15) is 0 Å². The second-order valence-electron chi connectivity index (χ2n) is 11.8. The maximum absolute atomic E-state index is 2.66. The van der Waals surface area contributed by atoms with Gasteiger partial charge in [0.15, 0.2) is 0 Å². The molecule has 0 saturated heterocycles. The Morgan fingerprint density at radius 2 is 0.857 bits per heavy atom. The average molecular weight is 491 g/mol. The van der Waals surface area contributed by atoms with Gasteiger partial charge < -0.3 is 9.80 Å². The largest absolute Gasteiger partial charge is 0.356 e. The van der Waals surface area contributed by atoms with Gasteiger partial charge >= 0.3 is 0 Å². The Bertz CT molecular complexity index is 458. The van der Waals surface area contributed by atoms with E-state index < -0.39 is 0 Å². The first-order valence-corrected chi connectivity index (χ1v) is 16.4. The van der Waals surface area contributed by atoms with Gasteiger partial charge in [-0.25, -0.2) is 0 Å². The third-order valence-corrected chi connectivity index (χ3v) is 8.09. The molecule has 0 aromatic rings. The van der Waals surface area contributed by atoms with E-state index in [1.54, 1.807) is 0 Å². The molecule has 35 heavy (non-hydrogen) atoms. The van der Waals surface area contributed by atoms with Crippen LogP contribution in [0.5, 0.6) is 0 Å². The Morgan fingerprint density at radius 3 is 1.26 bits per heavy atom. The summed E-state index contributed by atoms with van der Waals surface area (Å²) in [4.78, 5) is 5.26. The lowest BCUT2D eigenvalue weighted by Gasteiger charge is -2.35. The number of rotatable bonds is 26. The third kappa shape index (κ3) is 17.4. The fourth-order valence-electron chi connectivity index (χ4n) is 5.71. The normalized spacial score (nSPS) is 15.7. The Kier molecular flexibility index (Phi) is 21.9. The Morgan fingerprint density at radius 1 is 0.486 bits per heavy atom. The van der Waals surface area contributed by atoms with E-state index in [-0.39, 0.29) is 0 Å². The molecule has 0 aromatic carbocycles. The fourth-order valence-corrected chi connectivity index (χ4v) is 5.71. The lowest BCUT2D eigenvalue weighted by atomic mass is 10.0. The quantitative estimate of drug-likeness (QED) is 0.111. The van der Waals surface area contributed by atoms with Crippen molar-refractivity contribution in [2.75, 3.05) is 6.54 Å². The molecule has 1 unspecified atom stereocenters. The summed E-state index contributed by atoms with van der Waals surface area (Å²) in [5.41, 5.74) is 0. The van der Waals surface area contributed by atoms with Crippen molar-refractivity contribution in [2.45, 2.75) is 194 Å². The summed E-state index contributed by atoms with van der Waals surface area (Å²) in [6.45, 7) is 10.6. The van der Waals surface area contributed by atoms with Crippen molar-refractivity contribution in [3.8, 4) is 0 Å². The first-order valence-electron chi connectivity index (χ1n) is 16.4. The van der Waals surface area contributed by atoms with Crippen LogP contribution in [0.25, 0.3) is 0 Å². The molecular formula is C33H66N2. The van der Waals surface area contributed by atoms with E-state index in [4.69, 9.17) is 0 Å². The molecule has 0 aromatic heterocycles. The maximum Gasteiger partial charge on any atom is 0.101 e. The van der Waals surface area contributed by atoms with Gasteiger partial charge in [-0.2, -0.15) is 0 Å². The van der Waals surface area contributed by atoms with Crippen molar-refractivity contribution >= 4 is 0 Å². The predicted octanol–water partition coefficient (Wildman–Crippen LogP) is 11.2. The molecule has 0 amide bonds. The Hall–Kier alpha value is -0.660. The van der Waals surface area contributed by atoms with E-state index in [1.807, 2.05) is 0 Å². The number of hydrogen-bond donors (Lipinski definition) is 0. The summed E-state index contributed by atoms with van der Waals surface area (Å²) < 4.78 is 0. The summed E-state index contributed by atoms with van der Waals surface area (Å²) in [6.07, 6.45) is 39.7. The molecule has 1 aliphatic heterocycles. The first kappa shape index (κ1) is 32.4. The molecule has 0 saturated carbocycles. The van der Waals surface area contributed by atoms with E-state index in [2.05, 4.69) is 49.9 Å². The zero-order valence-electron chi connectivity index (χ0n) is 24.9. The molecule has 1 atom stereocenters. The summed E-state index contributed by atoms with van der Waals surface area (Å²) in [5.74, 6) is 0. The van der Waals surface area contributed by atoms with Crippen LogP contribution < -0.4 is 0 Å². The van der Waals surface area contributed by atoms with Crippen molar-refractivity contribution in [2.24, 2.45) is 0 Å². The molecule has 0 spiro atoms. The topological polar surface area (TPSA) is 6.48 Å². The van der Waals surface area contributed by atoms with Crippen molar-refractivity contribution in [3.05, 3.63) is 12.4 Å². The van der Waals surface area contributed by atoms with Gasteiger partial charge in [0.2, 0.25) is 0 Å². The SMILES string of the molecule is CCCCCCCCCCCCCCCCN1C=CN(C(C)C)C1CCCCCCCCCCC. The lowest BCUT2D eigenvalue weighted by Crippen LogP contribution is -2.42. The molecule has 0 bridgehead atoms. The molecule has 1 aliphatic rings. The van der Waals surface area contributed by atoms with Crippen LogP contribution in [0.3, 0.4) is 0 Å². The highest BCUT2D eigenvalue weighted by molar-refractivity contribution is 4.98. The van der Waals surface area contributed by atoms with Crippen LogP contribution in [0.1, 0.15) is 182 Å². The van der Waals surface area contributed by atoms with Crippen molar-refractivity contribution < 1.29 is 0 Å². The van der Waals surface area contributed by atoms with E-state index >= 15 is 0 Å². The van der Waals surface area contributed by atoms with Crippen molar-refractivity contribution in [3.63, 3.8) is 0 Å². The minimum absolute atomic E-state index is 0.608. The van der Waals surface area contributed by atoms with Gasteiger partial charge in [-0.05, 0) is 33.1 Å². The predicted molar refractivity (Wildman–Crippen MR) is 159 cm³/mol. The van der Waals surface area contributed by atoms with Crippen LogP contribution in [0.4, 0.5) is 0 Å². The second kappa shape index (κ2) is 23.7. The van der Waals surface area contributed by atoms with E-state index in [0.29, 0.717) is 12.2 Å². The van der Waals surface area contributed by atoms with Crippen molar-refractivity contribution in [1.82, 2.24) is 9.80 Å². The maximum atomic E-state index is 2.66. The van der Waals surface area contributed by atoms with Crippen LogP contribution in [0.15, 0.2) is 12.4 Å². The molecule has 1 heterocycles. The zero-order valence-corrected chi connectivity index (χ0v) is 24.9. The van der Waals surface area contributed by atoms with Gasteiger partial charge in [-0.15, -0.1) is 0 Å². The highest BCUT2D eigenvalue weighted by Gasteiger charge is 2.26. The smallest absolute Gasteiger partial charge is 0.101 e. The van der Waals surface area contributed by atoms with Gasteiger partial charge in [0.25, 0.3) is 0 Å². The first-order chi connectivity index (χ1) is 17.2. The highest BCUT2D eigenvalue weighted by Crippen LogP contribution is 2.25. The molecular weight excluding hydrogens is 424 g/mol. The van der Waals surface area contributed by atoms with Crippen LogP contribution >= 0.6 is 0 Å². The van der Waals surface area contributed by atoms with Crippen LogP contribution in [0, 0.1) is 0 Å². The number of nitrogens with zero attached hydrogens (tertiary/aromatic N) is 2. The molecule has 2 heteroatoms. The van der Waals surface area contributed by atoms with E-state index in [0.717, 1.165) is 0 Å². The van der Waals surface area contributed by atoms with Crippen LogP contribution in [-0.2, 0) is 0 Å². The second-order valence-corrected chi connectivity index (χ2v) is 11.8. The van der Waals surface area contributed by atoms with Gasteiger partial charge in [0.05, 0.1) is 0 Å². The number of hydrogen-bond acceptors (Lipinski definition) is 2. The third-order valence-electron chi connectivity index (χ3n) is 8.09. The summed E-state index contributed by atoms with van der Waals surface area (Å²) in [5, 5.41) is 0. The molecule has 0 aliphatic carbocycles. The summed E-state index contributed by atoms with van der Waals surface area (Å²) >= 11 is 0. The van der Waals surface area contributed by atoms with E-state index in [1.165, 1.54) is 161 Å². The molecule has 0 radical (unpaired) electrons. The van der Waals surface area contributed by atoms with Gasteiger partial charge in [-0.3, -0.25) is 0 Å². The van der Waals surface area contributed by atoms with Crippen LogP contribution in [0.2, 0.25) is 0 Å². The minimum Gasteiger partial charge on any atom is -0.356 e. The minimum atomic E-state index is 0.608. The molecule has 0 N–H and O–H groups in total. The molecule has 2 nitrogen and oxygen atoms in total. The summed E-state index contributed by atoms with van der Waals surface area (Å²) in [7, 11) is 0. The van der Waals surface area contributed by atoms with Gasteiger partial charge in [0, 0.05) is 25.0 Å². The van der Waals surface area contributed by atoms with Gasteiger partial charge in [0.1, 0.15) is 6.17 Å².